The van der Waals surface area contributed by atoms with Gasteiger partial charge < -0.3 is 19.9 Å². The van der Waals surface area contributed by atoms with Crippen molar-refractivity contribution in [2.45, 2.75) is 45.1 Å². The van der Waals surface area contributed by atoms with Crippen LogP contribution < -0.4 is 15.0 Å². The van der Waals surface area contributed by atoms with Gasteiger partial charge in [-0.25, -0.2) is 4.79 Å². The second-order valence-electron chi connectivity index (χ2n) is 7.99. The smallest absolute Gasteiger partial charge is 0.317 e. The molecule has 0 atom stereocenters. The summed E-state index contributed by atoms with van der Waals surface area (Å²) in [6, 6.07) is 12.3. The molecule has 160 valence electrons. The number of piperazine rings is 1. The minimum atomic E-state index is 0.0819. The van der Waals surface area contributed by atoms with Crippen molar-refractivity contribution >= 4 is 11.8 Å². The molecule has 1 saturated heterocycles. The lowest BCUT2D eigenvalue weighted by atomic mass is 9.96. The third-order valence-corrected chi connectivity index (χ3v) is 5.94. The van der Waals surface area contributed by atoms with E-state index in [4.69, 9.17) is 4.74 Å². The van der Waals surface area contributed by atoms with Gasteiger partial charge in [0.25, 0.3) is 0 Å². The summed E-state index contributed by atoms with van der Waals surface area (Å²) in [5, 5.41) is 12.0. The van der Waals surface area contributed by atoms with Gasteiger partial charge in [0.1, 0.15) is 5.75 Å². The lowest BCUT2D eigenvalue weighted by molar-refractivity contribution is 0.186. The van der Waals surface area contributed by atoms with Crippen molar-refractivity contribution in [1.29, 1.82) is 0 Å². The lowest BCUT2D eigenvalue weighted by Crippen LogP contribution is -2.53. The molecule has 7 heteroatoms. The summed E-state index contributed by atoms with van der Waals surface area (Å²) < 4.78 is 5.49. The Morgan fingerprint density at radius 2 is 1.73 bits per heavy atom. The van der Waals surface area contributed by atoms with Crippen LogP contribution in [0.3, 0.4) is 0 Å². The van der Waals surface area contributed by atoms with E-state index in [1.54, 1.807) is 0 Å². The van der Waals surface area contributed by atoms with Gasteiger partial charge in [0.15, 0.2) is 5.82 Å². The first-order valence-corrected chi connectivity index (χ1v) is 11.1. The maximum Gasteiger partial charge on any atom is 0.317 e. The van der Waals surface area contributed by atoms with E-state index in [1.807, 2.05) is 48.2 Å². The van der Waals surface area contributed by atoms with E-state index in [9.17, 15) is 4.79 Å². The van der Waals surface area contributed by atoms with Gasteiger partial charge in [0, 0.05) is 37.8 Å². The number of nitrogens with one attached hydrogen (secondary N) is 1. The normalized spacial score (nSPS) is 17.6. The van der Waals surface area contributed by atoms with Crippen molar-refractivity contribution in [2.24, 2.45) is 0 Å². The van der Waals surface area contributed by atoms with Crippen LogP contribution in [0.25, 0.3) is 11.3 Å². The Morgan fingerprint density at radius 1 is 1.00 bits per heavy atom. The number of anilines is 1. The Morgan fingerprint density at radius 3 is 2.37 bits per heavy atom. The quantitative estimate of drug-likeness (QED) is 0.815. The van der Waals surface area contributed by atoms with Crippen LogP contribution >= 0.6 is 0 Å². The van der Waals surface area contributed by atoms with Crippen molar-refractivity contribution in [3.05, 3.63) is 36.4 Å². The zero-order valence-electron chi connectivity index (χ0n) is 17.7. The number of aromatic nitrogens is 2. The average Bonchev–Trinajstić information content (AvgIpc) is 2.81. The first-order valence-electron chi connectivity index (χ1n) is 11.1. The van der Waals surface area contributed by atoms with E-state index in [2.05, 4.69) is 20.4 Å². The fourth-order valence-electron chi connectivity index (χ4n) is 4.19. The summed E-state index contributed by atoms with van der Waals surface area (Å²) in [4.78, 5) is 16.7. The minimum Gasteiger partial charge on any atom is -0.494 e. The van der Waals surface area contributed by atoms with Crippen LogP contribution in [-0.4, -0.2) is 60.0 Å². The zero-order chi connectivity index (χ0) is 20.8. The third kappa shape index (κ3) is 5.01. The van der Waals surface area contributed by atoms with Gasteiger partial charge in [0.2, 0.25) is 0 Å². The Labute approximate surface area is 178 Å². The molecule has 1 aliphatic heterocycles. The predicted octanol–water partition coefficient (Wildman–Crippen LogP) is 3.71. The van der Waals surface area contributed by atoms with Crippen LogP contribution in [-0.2, 0) is 0 Å². The molecule has 1 aliphatic carbocycles. The molecule has 2 fully saturated rings. The highest BCUT2D eigenvalue weighted by atomic mass is 16.5. The molecule has 4 rings (SSSR count). The zero-order valence-corrected chi connectivity index (χ0v) is 17.7. The Bertz CT molecular complexity index is 810. The maximum atomic E-state index is 12.5. The van der Waals surface area contributed by atoms with Gasteiger partial charge in [-0.15, -0.1) is 10.2 Å². The second kappa shape index (κ2) is 9.78. The molecule has 0 unspecified atom stereocenters. The molecule has 2 amide bonds. The number of carbonyl (C=O) groups excluding carboxylic acids is 1. The van der Waals surface area contributed by atoms with Crippen LogP contribution in [0.1, 0.15) is 39.0 Å². The monoisotopic (exact) mass is 409 g/mol. The molecule has 1 aromatic heterocycles. The minimum absolute atomic E-state index is 0.0819. The Hall–Kier alpha value is -2.83. The summed E-state index contributed by atoms with van der Waals surface area (Å²) in [6.45, 7) is 5.59. The Kier molecular flexibility index (Phi) is 6.67. The summed E-state index contributed by atoms with van der Waals surface area (Å²) in [6.07, 6.45) is 5.97. The number of urea groups is 1. The molecule has 0 radical (unpaired) electrons. The van der Waals surface area contributed by atoms with Gasteiger partial charge in [-0.1, -0.05) is 19.3 Å². The molecule has 1 N–H and O–H groups in total. The molecule has 2 heterocycles. The number of nitrogens with zero attached hydrogens (tertiary/aromatic N) is 4. The molecule has 1 aromatic carbocycles. The van der Waals surface area contributed by atoms with Crippen molar-refractivity contribution in [3.63, 3.8) is 0 Å². The summed E-state index contributed by atoms with van der Waals surface area (Å²) in [5.74, 6) is 1.72. The van der Waals surface area contributed by atoms with E-state index in [1.165, 1.54) is 19.3 Å². The molecule has 7 nitrogen and oxygen atoms in total. The highest BCUT2D eigenvalue weighted by molar-refractivity contribution is 5.75. The molecule has 2 aromatic rings. The third-order valence-electron chi connectivity index (χ3n) is 5.94. The molecule has 0 bridgehead atoms. The maximum absolute atomic E-state index is 12.5. The predicted molar refractivity (Wildman–Crippen MR) is 118 cm³/mol. The van der Waals surface area contributed by atoms with E-state index < -0.39 is 0 Å². The molecular weight excluding hydrogens is 378 g/mol. The molecule has 30 heavy (non-hydrogen) atoms. The standard InChI is InChI=1S/C23H31N5O2/c1-2-30-20-10-8-18(9-11-20)21-12-13-22(26-25-21)27-14-16-28(17-15-27)23(29)24-19-6-4-3-5-7-19/h8-13,19H,2-7,14-17H2,1H3,(H,24,29). The largest absolute Gasteiger partial charge is 0.494 e. The second-order valence-corrected chi connectivity index (χ2v) is 7.99. The van der Waals surface area contributed by atoms with Crippen LogP contribution in [0.15, 0.2) is 36.4 Å². The summed E-state index contributed by atoms with van der Waals surface area (Å²) in [5.41, 5.74) is 1.86. The van der Waals surface area contributed by atoms with Crippen molar-refractivity contribution in [1.82, 2.24) is 20.4 Å². The number of hydrogen-bond donors (Lipinski definition) is 1. The van der Waals surface area contributed by atoms with E-state index in [0.717, 1.165) is 48.8 Å². The lowest BCUT2D eigenvalue weighted by Gasteiger charge is -2.36. The molecule has 0 spiro atoms. The number of amides is 2. The topological polar surface area (TPSA) is 70.6 Å². The van der Waals surface area contributed by atoms with Gasteiger partial charge in [0.05, 0.1) is 12.3 Å². The highest BCUT2D eigenvalue weighted by Gasteiger charge is 2.24. The van der Waals surface area contributed by atoms with Gasteiger partial charge in [-0.3, -0.25) is 0 Å². The van der Waals surface area contributed by atoms with Crippen molar-refractivity contribution < 1.29 is 9.53 Å². The van der Waals surface area contributed by atoms with Gasteiger partial charge in [-0.05, 0) is 56.2 Å². The average molecular weight is 410 g/mol. The Balaban J connectivity index is 1.29. The molecular formula is C23H31N5O2. The van der Waals surface area contributed by atoms with Crippen LogP contribution in [0.2, 0.25) is 0 Å². The summed E-state index contributed by atoms with van der Waals surface area (Å²) in [7, 11) is 0. The van der Waals surface area contributed by atoms with Crippen LogP contribution in [0.4, 0.5) is 10.6 Å². The van der Waals surface area contributed by atoms with Crippen LogP contribution in [0.5, 0.6) is 5.75 Å². The fourth-order valence-corrected chi connectivity index (χ4v) is 4.19. The number of rotatable bonds is 5. The summed E-state index contributed by atoms with van der Waals surface area (Å²) >= 11 is 0. The van der Waals surface area contributed by atoms with Crippen molar-refractivity contribution in [2.75, 3.05) is 37.7 Å². The fraction of sp³-hybridized carbons (Fsp3) is 0.522. The highest BCUT2D eigenvalue weighted by Crippen LogP contribution is 2.22. The van der Waals surface area contributed by atoms with Crippen LogP contribution in [0, 0.1) is 0 Å². The SMILES string of the molecule is CCOc1ccc(-c2ccc(N3CCN(C(=O)NC4CCCCC4)CC3)nn2)cc1. The molecule has 2 aliphatic rings. The van der Waals surface area contributed by atoms with E-state index in [-0.39, 0.29) is 6.03 Å². The van der Waals surface area contributed by atoms with Gasteiger partial charge >= 0.3 is 6.03 Å². The number of benzene rings is 1. The van der Waals surface area contributed by atoms with Crippen molar-refractivity contribution in [3.8, 4) is 17.0 Å². The first kappa shape index (κ1) is 20.4. The number of ether oxygens (including phenoxy) is 1. The first-order chi connectivity index (χ1) is 14.7. The number of carbonyl (C=O) groups is 1. The van der Waals surface area contributed by atoms with E-state index in [0.29, 0.717) is 25.7 Å². The number of hydrogen-bond acceptors (Lipinski definition) is 5. The van der Waals surface area contributed by atoms with E-state index >= 15 is 0 Å². The molecule has 1 saturated carbocycles. The van der Waals surface area contributed by atoms with Gasteiger partial charge in [-0.2, -0.15) is 0 Å².